The van der Waals surface area contributed by atoms with Crippen molar-refractivity contribution in [3.63, 3.8) is 0 Å². The van der Waals surface area contributed by atoms with Gasteiger partial charge >= 0.3 is 0 Å². The zero-order valence-corrected chi connectivity index (χ0v) is 13.4. The summed E-state index contributed by atoms with van der Waals surface area (Å²) in [7, 11) is 0. The summed E-state index contributed by atoms with van der Waals surface area (Å²) in [5.41, 5.74) is 1.14. The molecular weight excluding hydrogens is 316 g/mol. The molecule has 22 heavy (non-hydrogen) atoms. The van der Waals surface area contributed by atoms with Crippen LogP contribution in [0.15, 0.2) is 67.5 Å². The number of pyridine rings is 1. The fraction of sp³-hybridized carbons (Fsp3) is 0.0588. The Morgan fingerprint density at radius 2 is 1.86 bits per heavy atom. The SMILES string of the molecule is C=CCNC(=S)C(=C(O)c1ccc(Cl)cc1)[n+]1ccccc1. The van der Waals surface area contributed by atoms with E-state index in [1.807, 2.05) is 30.6 Å². The van der Waals surface area contributed by atoms with Crippen molar-refractivity contribution in [2.75, 3.05) is 6.54 Å². The van der Waals surface area contributed by atoms with Crippen LogP contribution >= 0.6 is 23.8 Å². The molecule has 0 spiro atoms. The number of aliphatic hydroxyl groups is 1. The molecule has 0 aliphatic carbocycles. The van der Waals surface area contributed by atoms with Crippen LogP contribution in [0.5, 0.6) is 0 Å². The van der Waals surface area contributed by atoms with Crippen LogP contribution in [0.2, 0.25) is 5.02 Å². The van der Waals surface area contributed by atoms with Crippen LogP contribution in [0.25, 0.3) is 11.5 Å². The van der Waals surface area contributed by atoms with E-state index in [2.05, 4.69) is 11.9 Å². The van der Waals surface area contributed by atoms with Gasteiger partial charge in [-0.1, -0.05) is 36.0 Å². The van der Waals surface area contributed by atoms with Gasteiger partial charge in [-0.15, -0.1) is 6.58 Å². The maximum atomic E-state index is 10.7. The molecule has 0 unspecified atom stereocenters. The van der Waals surface area contributed by atoms with E-state index >= 15 is 0 Å². The van der Waals surface area contributed by atoms with E-state index in [9.17, 15) is 5.11 Å². The summed E-state index contributed by atoms with van der Waals surface area (Å²) in [5.74, 6) is 0.0782. The van der Waals surface area contributed by atoms with Crippen LogP contribution in [0.4, 0.5) is 0 Å². The third-order valence-electron chi connectivity index (χ3n) is 2.94. The molecule has 1 aromatic heterocycles. The summed E-state index contributed by atoms with van der Waals surface area (Å²) < 4.78 is 1.77. The summed E-state index contributed by atoms with van der Waals surface area (Å²) >= 11 is 11.3. The van der Waals surface area contributed by atoms with Gasteiger partial charge in [-0.25, -0.2) is 0 Å². The number of hydrogen-bond donors (Lipinski definition) is 2. The highest BCUT2D eigenvalue weighted by Crippen LogP contribution is 2.19. The second-order valence-electron chi connectivity index (χ2n) is 4.49. The van der Waals surface area contributed by atoms with Crippen LogP contribution in [-0.2, 0) is 0 Å². The van der Waals surface area contributed by atoms with Gasteiger partial charge in [0, 0.05) is 29.3 Å². The molecule has 0 radical (unpaired) electrons. The molecule has 0 atom stereocenters. The lowest BCUT2D eigenvalue weighted by Gasteiger charge is -2.08. The number of aliphatic hydroxyl groups excluding tert-OH is 1. The Morgan fingerprint density at radius 1 is 1.23 bits per heavy atom. The van der Waals surface area contributed by atoms with Crippen molar-refractivity contribution in [3.8, 4) is 0 Å². The number of benzene rings is 1. The number of aromatic nitrogens is 1. The molecule has 0 aliphatic heterocycles. The third-order valence-corrected chi connectivity index (χ3v) is 3.53. The Hall–Kier alpha value is -2.17. The number of thiocarbonyl (C=S) groups is 1. The molecule has 1 aromatic carbocycles. The summed E-state index contributed by atoms with van der Waals surface area (Å²) in [5, 5.41) is 14.3. The maximum Gasteiger partial charge on any atom is 0.287 e. The van der Waals surface area contributed by atoms with E-state index in [-0.39, 0.29) is 5.76 Å². The highest BCUT2D eigenvalue weighted by Gasteiger charge is 2.22. The molecule has 0 amide bonds. The Morgan fingerprint density at radius 3 is 2.45 bits per heavy atom. The van der Waals surface area contributed by atoms with Crippen molar-refractivity contribution in [2.24, 2.45) is 0 Å². The number of halogens is 1. The minimum Gasteiger partial charge on any atom is -0.502 e. The first-order valence-electron chi connectivity index (χ1n) is 6.68. The first kappa shape index (κ1) is 16.2. The van der Waals surface area contributed by atoms with Gasteiger partial charge in [0.25, 0.3) is 5.70 Å². The van der Waals surface area contributed by atoms with Gasteiger partial charge in [0.1, 0.15) is 0 Å². The van der Waals surface area contributed by atoms with Crippen LogP contribution < -0.4 is 9.88 Å². The van der Waals surface area contributed by atoms with Gasteiger partial charge in [-0.3, -0.25) is 0 Å². The lowest BCUT2D eigenvalue weighted by atomic mass is 10.1. The maximum absolute atomic E-state index is 10.7. The van der Waals surface area contributed by atoms with Crippen molar-refractivity contribution >= 4 is 40.3 Å². The number of hydrogen-bond acceptors (Lipinski definition) is 2. The van der Waals surface area contributed by atoms with Gasteiger partial charge in [-0.2, -0.15) is 4.57 Å². The average Bonchev–Trinajstić information content (AvgIpc) is 2.54. The predicted octanol–water partition coefficient (Wildman–Crippen LogP) is 3.61. The van der Waals surface area contributed by atoms with Crippen molar-refractivity contribution in [1.29, 1.82) is 0 Å². The van der Waals surface area contributed by atoms with Crippen molar-refractivity contribution in [1.82, 2.24) is 5.32 Å². The summed E-state index contributed by atoms with van der Waals surface area (Å²) in [6, 6.07) is 12.6. The fourth-order valence-electron chi connectivity index (χ4n) is 1.89. The Labute approximate surface area is 140 Å². The number of nitrogens with one attached hydrogen (secondary N) is 1. The van der Waals surface area contributed by atoms with Gasteiger partial charge in [0.2, 0.25) is 0 Å². The molecule has 112 valence electrons. The van der Waals surface area contributed by atoms with Gasteiger partial charge in [-0.05, 0) is 24.3 Å². The van der Waals surface area contributed by atoms with Gasteiger partial charge in [0.15, 0.2) is 23.1 Å². The van der Waals surface area contributed by atoms with Gasteiger partial charge in [0.05, 0.1) is 0 Å². The normalized spacial score (nSPS) is 11.5. The monoisotopic (exact) mass is 331 g/mol. The number of rotatable bonds is 5. The Bertz CT molecular complexity index is 696. The number of nitrogens with zero attached hydrogens (tertiary/aromatic N) is 1. The molecule has 0 saturated carbocycles. The van der Waals surface area contributed by atoms with Gasteiger partial charge < -0.3 is 10.4 Å². The minimum absolute atomic E-state index is 0.0782. The predicted molar refractivity (Wildman–Crippen MR) is 94.6 cm³/mol. The summed E-state index contributed by atoms with van der Waals surface area (Å²) in [6.07, 6.45) is 5.35. The van der Waals surface area contributed by atoms with Crippen molar-refractivity contribution in [3.05, 3.63) is 78.1 Å². The Kier molecular flexibility index (Phi) is 5.69. The molecule has 0 aliphatic rings. The second kappa shape index (κ2) is 7.73. The molecule has 2 rings (SSSR count). The van der Waals surface area contributed by atoms with E-state index in [1.54, 1.807) is 34.9 Å². The van der Waals surface area contributed by atoms with Crippen LogP contribution in [0.3, 0.4) is 0 Å². The quantitative estimate of drug-likeness (QED) is 0.289. The molecule has 2 aromatic rings. The largest absolute Gasteiger partial charge is 0.502 e. The topological polar surface area (TPSA) is 36.1 Å². The first-order chi connectivity index (χ1) is 10.6. The van der Waals surface area contributed by atoms with Crippen molar-refractivity contribution in [2.45, 2.75) is 0 Å². The average molecular weight is 332 g/mol. The van der Waals surface area contributed by atoms with E-state index in [0.717, 1.165) is 0 Å². The smallest absolute Gasteiger partial charge is 0.287 e. The highest BCUT2D eigenvalue weighted by molar-refractivity contribution is 7.81. The molecule has 5 heteroatoms. The molecule has 1 heterocycles. The van der Waals surface area contributed by atoms with E-state index in [4.69, 9.17) is 23.8 Å². The second-order valence-corrected chi connectivity index (χ2v) is 5.33. The van der Waals surface area contributed by atoms with Crippen molar-refractivity contribution < 1.29 is 9.67 Å². The summed E-state index contributed by atoms with van der Waals surface area (Å²) in [6.45, 7) is 4.17. The molecule has 0 bridgehead atoms. The zero-order valence-electron chi connectivity index (χ0n) is 11.9. The highest BCUT2D eigenvalue weighted by atomic mass is 35.5. The first-order valence-corrected chi connectivity index (χ1v) is 7.47. The summed E-state index contributed by atoms with van der Waals surface area (Å²) in [4.78, 5) is 0.434. The third kappa shape index (κ3) is 3.93. The molecule has 0 saturated heterocycles. The lowest BCUT2D eigenvalue weighted by molar-refractivity contribution is -0.576. The lowest BCUT2D eigenvalue weighted by Crippen LogP contribution is -2.40. The molecule has 2 N–H and O–H groups in total. The fourth-order valence-corrected chi connectivity index (χ4v) is 2.30. The van der Waals surface area contributed by atoms with E-state index in [1.165, 1.54) is 0 Å². The molecular formula is C17H16ClN2OS+. The van der Waals surface area contributed by atoms with Crippen LogP contribution in [0.1, 0.15) is 5.56 Å². The Balaban J connectivity index is 2.51. The molecule has 0 fully saturated rings. The van der Waals surface area contributed by atoms with Crippen LogP contribution in [-0.4, -0.2) is 16.6 Å². The van der Waals surface area contributed by atoms with E-state index in [0.29, 0.717) is 27.8 Å². The minimum atomic E-state index is 0.0782. The zero-order chi connectivity index (χ0) is 15.9. The van der Waals surface area contributed by atoms with Crippen LogP contribution in [0, 0.1) is 0 Å². The van der Waals surface area contributed by atoms with E-state index < -0.39 is 0 Å². The molecule has 3 nitrogen and oxygen atoms in total. The standard InChI is InChI=1S/C17H15ClN2OS/c1-2-10-19-17(22)15(20-11-4-3-5-12-20)16(21)13-6-8-14(18)9-7-13/h2-9,11-12H,1,10H2,(H-,19,21,22)/p+1.